The maximum Gasteiger partial charge on any atom is 0.252 e. The Hall–Kier alpha value is -0.960. The molecule has 0 spiro atoms. The van der Waals surface area contributed by atoms with Crippen molar-refractivity contribution in [3.63, 3.8) is 0 Å². The summed E-state index contributed by atoms with van der Waals surface area (Å²) in [6.07, 6.45) is 0. The summed E-state index contributed by atoms with van der Waals surface area (Å²) in [5.41, 5.74) is 0. The van der Waals surface area contributed by atoms with E-state index in [2.05, 4.69) is 19.2 Å². The first-order valence-electron chi connectivity index (χ1n) is 8.28. The lowest BCUT2D eigenvalue weighted by Gasteiger charge is -2.33. The minimum Gasteiger partial charge on any atom is -0.352 e. The molecule has 0 aliphatic carbocycles. The van der Waals surface area contributed by atoms with Crippen LogP contribution in [0.4, 0.5) is 0 Å². The standard InChI is InChI=1S/C16H27N3O3S2/c1-12(2)14(4)17-15(20)11-18-7-9-19(10-8-18)24(21,22)16-6-5-13(3)23-16/h5-6,12,14H,7-11H2,1-4H3,(H,17,20). The Kier molecular flexibility index (Phi) is 6.41. The second-order valence-corrected chi connectivity index (χ2v) is 10.1. The summed E-state index contributed by atoms with van der Waals surface area (Å²) in [7, 11) is -3.40. The number of sulfonamides is 1. The van der Waals surface area contributed by atoms with Gasteiger partial charge in [-0.05, 0) is 31.9 Å². The molecule has 1 aliphatic heterocycles. The number of amides is 1. The Bertz CT molecular complexity index is 662. The van der Waals surface area contributed by atoms with Gasteiger partial charge in [0.25, 0.3) is 10.0 Å². The number of nitrogens with zero attached hydrogens (tertiary/aromatic N) is 2. The molecule has 2 rings (SSSR count). The second kappa shape index (κ2) is 7.95. The van der Waals surface area contributed by atoms with Gasteiger partial charge in [0, 0.05) is 37.1 Å². The van der Waals surface area contributed by atoms with Crippen LogP contribution in [-0.2, 0) is 14.8 Å². The van der Waals surface area contributed by atoms with E-state index in [-0.39, 0.29) is 11.9 Å². The zero-order chi connectivity index (χ0) is 17.9. The molecule has 24 heavy (non-hydrogen) atoms. The molecule has 0 aromatic carbocycles. The highest BCUT2D eigenvalue weighted by Gasteiger charge is 2.30. The number of carbonyl (C=O) groups is 1. The van der Waals surface area contributed by atoms with Crippen molar-refractivity contribution < 1.29 is 13.2 Å². The van der Waals surface area contributed by atoms with Crippen molar-refractivity contribution in [2.75, 3.05) is 32.7 Å². The molecule has 1 aliphatic rings. The van der Waals surface area contributed by atoms with Crippen LogP contribution in [0.15, 0.2) is 16.3 Å². The maximum atomic E-state index is 12.6. The number of nitrogens with one attached hydrogen (secondary N) is 1. The van der Waals surface area contributed by atoms with Crippen LogP contribution in [0.25, 0.3) is 0 Å². The maximum absolute atomic E-state index is 12.6. The van der Waals surface area contributed by atoms with Gasteiger partial charge in [0.15, 0.2) is 0 Å². The molecule has 1 saturated heterocycles. The highest BCUT2D eigenvalue weighted by Crippen LogP contribution is 2.25. The smallest absolute Gasteiger partial charge is 0.252 e. The fraction of sp³-hybridized carbons (Fsp3) is 0.688. The number of carbonyl (C=O) groups excluding carboxylic acids is 1. The molecular formula is C16H27N3O3S2. The minimum absolute atomic E-state index is 0.00129. The molecule has 1 amide bonds. The highest BCUT2D eigenvalue weighted by atomic mass is 32.2. The zero-order valence-electron chi connectivity index (χ0n) is 14.8. The van der Waals surface area contributed by atoms with Crippen LogP contribution >= 0.6 is 11.3 Å². The van der Waals surface area contributed by atoms with Gasteiger partial charge in [0.05, 0.1) is 6.54 Å². The Morgan fingerprint density at radius 1 is 1.21 bits per heavy atom. The van der Waals surface area contributed by atoms with Gasteiger partial charge < -0.3 is 5.32 Å². The molecule has 1 unspecified atom stereocenters. The fourth-order valence-corrected chi connectivity index (χ4v) is 5.34. The summed E-state index contributed by atoms with van der Waals surface area (Å²) in [6, 6.07) is 3.64. The normalized spacial score (nSPS) is 18.7. The fourth-order valence-electron chi connectivity index (χ4n) is 2.48. The van der Waals surface area contributed by atoms with E-state index >= 15 is 0 Å². The van der Waals surface area contributed by atoms with Gasteiger partial charge in [-0.15, -0.1) is 11.3 Å². The van der Waals surface area contributed by atoms with Gasteiger partial charge in [-0.1, -0.05) is 13.8 Å². The lowest BCUT2D eigenvalue weighted by atomic mass is 10.1. The van der Waals surface area contributed by atoms with Crippen molar-refractivity contribution >= 4 is 27.3 Å². The van der Waals surface area contributed by atoms with Crippen LogP contribution in [0.5, 0.6) is 0 Å². The van der Waals surface area contributed by atoms with Crippen LogP contribution in [0, 0.1) is 12.8 Å². The van der Waals surface area contributed by atoms with Crippen molar-refractivity contribution in [2.45, 2.75) is 37.9 Å². The minimum atomic E-state index is -3.40. The number of aryl methyl sites for hydroxylation is 1. The zero-order valence-corrected chi connectivity index (χ0v) is 16.4. The third-order valence-corrected chi connectivity index (χ3v) is 7.76. The quantitative estimate of drug-likeness (QED) is 0.821. The number of hydrogen-bond donors (Lipinski definition) is 1. The van der Waals surface area contributed by atoms with E-state index in [4.69, 9.17) is 0 Å². The van der Waals surface area contributed by atoms with E-state index in [1.54, 1.807) is 6.07 Å². The summed E-state index contributed by atoms with van der Waals surface area (Å²) in [5.74, 6) is 0.395. The number of rotatable bonds is 6. The molecule has 0 radical (unpaired) electrons. The van der Waals surface area contributed by atoms with Gasteiger partial charge >= 0.3 is 0 Å². The van der Waals surface area contributed by atoms with Crippen LogP contribution in [0.3, 0.4) is 0 Å². The van der Waals surface area contributed by atoms with Gasteiger partial charge in [0.2, 0.25) is 5.91 Å². The van der Waals surface area contributed by atoms with E-state index in [0.717, 1.165) is 4.88 Å². The lowest BCUT2D eigenvalue weighted by molar-refractivity contribution is -0.123. The van der Waals surface area contributed by atoms with Crippen molar-refractivity contribution in [3.8, 4) is 0 Å². The largest absolute Gasteiger partial charge is 0.352 e. The summed E-state index contributed by atoms with van der Waals surface area (Å²) < 4.78 is 27.1. The van der Waals surface area contributed by atoms with Crippen LogP contribution < -0.4 is 5.32 Å². The van der Waals surface area contributed by atoms with Crippen molar-refractivity contribution in [3.05, 3.63) is 17.0 Å². The van der Waals surface area contributed by atoms with E-state index in [1.807, 2.05) is 24.8 Å². The topological polar surface area (TPSA) is 69.7 Å². The molecule has 0 saturated carbocycles. The third-order valence-electron chi connectivity index (χ3n) is 4.40. The average Bonchev–Trinajstić information content (AvgIpc) is 2.95. The predicted octanol–water partition coefficient (Wildman–Crippen LogP) is 1.52. The Morgan fingerprint density at radius 2 is 1.83 bits per heavy atom. The lowest BCUT2D eigenvalue weighted by Crippen LogP contribution is -2.51. The summed E-state index contributed by atoms with van der Waals surface area (Å²) in [4.78, 5) is 15.0. The Morgan fingerprint density at radius 3 is 2.33 bits per heavy atom. The number of piperazine rings is 1. The van der Waals surface area contributed by atoms with E-state index < -0.39 is 10.0 Å². The Balaban J connectivity index is 1.86. The first-order valence-corrected chi connectivity index (χ1v) is 10.5. The molecule has 1 fully saturated rings. The summed E-state index contributed by atoms with van der Waals surface area (Å²) in [5, 5.41) is 2.99. The number of thiophene rings is 1. The van der Waals surface area contributed by atoms with Crippen LogP contribution in [-0.4, -0.2) is 62.3 Å². The summed E-state index contributed by atoms with van der Waals surface area (Å²) >= 11 is 1.30. The molecule has 8 heteroatoms. The molecule has 1 N–H and O–H groups in total. The van der Waals surface area contributed by atoms with Crippen LogP contribution in [0.2, 0.25) is 0 Å². The molecule has 6 nitrogen and oxygen atoms in total. The Labute approximate surface area is 148 Å². The first-order chi connectivity index (χ1) is 11.2. The summed E-state index contributed by atoms with van der Waals surface area (Å²) in [6.45, 7) is 10.4. The molecule has 1 atom stereocenters. The predicted molar refractivity (Wildman–Crippen MR) is 96.7 cm³/mol. The van der Waals surface area contributed by atoms with Crippen molar-refractivity contribution in [2.24, 2.45) is 5.92 Å². The average molecular weight is 374 g/mol. The van der Waals surface area contributed by atoms with Crippen LogP contribution in [0.1, 0.15) is 25.6 Å². The van der Waals surface area contributed by atoms with E-state index in [9.17, 15) is 13.2 Å². The van der Waals surface area contributed by atoms with Gasteiger partial charge in [-0.3, -0.25) is 9.69 Å². The van der Waals surface area contributed by atoms with Gasteiger partial charge in [-0.25, -0.2) is 8.42 Å². The number of hydrogen-bond acceptors (Lipinski definition) is 5. The SMILES string of the molecule is Cc1ccc(S(=O)(=O)N2CCN(CC(=O)NC(C)C(C)C)CC2)s1. The molecule has 1 aromatic rings. The second-order valence-electron chi connectivity index (χ2n) is 6.65. The van der Waals surface area contributed by atoms with E-state index in [0.29, 0.717) is 42.9 Å². The highest BCUT2D eigenvalue weighted by molar-refractivity contribution is 7.91. The molecule has 0 bridgehead atoms. The third kappa shape index (κ3) is 4.78. The molecule has 136 valence electrons. The molecule has 1 aromatic heterocycles. The van der Waals surface area contributed by atoms with E-state index in [1.165, 1.54) is 15.6 Å². The molecule has 2 heterocycles. The van der Waals surface area contributed by atoms with Crippen molar-refractivity contribution in [1.29, 1.82) is 0 Å². The van der Waals surface area contributed by atoms with Gasteiger partial charge in [0.1, 0.15) is 4.21 Å². The van der Waals surface area contributed by atoms with Gasteiger partial charge in [-0.2, -0.15) is 4.31 Å². The van der Waals surface area contributed by atoms with Crippen molar-refractivity contribution in [1.82, 2.24) is 14.5 Å². The molecular weight excluding hydrogens is 346 g/mol. The first kappa shape index (κ1) is 19.4. The monoisotopic (exact) mass is 373 g/mol.